The third-order valence-electron chi connectivity index (χ3n) is 6.55. The van der Waals surface area contributed by atoms with Gasteiger partial charge in [-0.1, -0.05) is 47.7 Å². The number of carbonyl (C=O) groups excluding carboxylic acids is 2. The molecule has 2 amide bonds. The van der Waals surface area contributed by atoms with Gasteiger partial charge in [0.1, 0.15) is 29.7 Å². The summed E-state index contributed by atoms with van der Waals surface area (Å²) in [5, 5.41) is 11.1. The normalized spacial score (nSPS) is 15.8. The Morgan fingerprint density at radius 3 is 2.68 bits per heavy atom. The summed E-state index contributed by atoms with van der Waals surface area (Å²) >= 11 is 0. The van der Waals surface area contributed by atoms with E-state index in [2.05, 4.69) is 15.6 Å². The zero-order chi connectivity index (χ0) is 26.5. The number of rotatable bonds is 9. The van der Waals surface area contributed by atoms with Crippen LogP contribution in [-0.4, -0.2) is 53.2 Å². The van der Waals surface area contributed by atoms with Crippen molar-refractivity contribution in [2.24, 2.45) is 0 Å². The second kappa shape index (κ2) is 11.4. The molecular weight excluding hydrogens is 489 g/mol. The van der Waals surface area contributed by atoms with Crippen molar-refractivity contribution in [1.82, 2.24) is 20.3 Å². The predicted octanol–water partition coefficient (Wildman–Crippen LogP) is 3.65. The molecule has 1 saturated heterocycles. The first-order valence-corrected chi connectivity index (χ1v) is 12.4. The summed E-state index contributed by atoms with van der Waals surface area (Å²) in [5.74, 6) is -1.28. The lowest BCUT2D eigenvalue weighted by Gasteiger charge is -2.32. The minimum atomic E-state index is -1.32. The minimum absolute atomic E-state index is 0.0556. The standard InChI is InChI=1S/C28H28FN5O4/c1-37-25-15-7-6-14-24(25)34(26(35)18-33-23-13-5-4-12-22(23)31-32-33)27(20-10-2-3-11-21(20)29)28(36)30-17-19-9-8-16-38-19/h2-7,10-15,19,27H,8-9,16-18H2,1H3,(H,30,36)/t19-,27+/m1/s1. The first-order valence-electron chi connectivity index (χ1n) is 12.4. The molecule has 196 valence electrons. The van der Waals surface area contributed by atoms with Crippen LogP contribution in [0.5, 0.6) is 5.75 Å². The molecule has 0 unspecified atom stereocenters. The van der Waals surface area contributed by atoms with Crippen LogP contribution in [-0.2, 0) is 20.9 Å². The molecule has 0 bridgehead atoms. The Morgan fingerprint density at radius 1 is 1.13 bits per heavy atom. The van der Waals surface area contributed by atoms with Crippen molar-refractivity contribution in [3.8, 4) is 5.75 Å². The van der Waals surface area contributed by atoms with Gasteiger partial charge in [-0.25, -0.2) is 9.07 Å². The second-order valence-electron chi connectivity index (χ2n) is 8.98. The van der Waals surface area contributed by atoms with E-state index in [1.165, 1.54) is 34.9 Å². The highest BCUT2D eigenvalue weighted by Crippen LogP contribution is 2.36. The molecule has 1 fully saturated rings. The molecule has 0 aliphatic carbocycles. The number of benzene rings is 3. The second-order valence-corrected chi connectivity index (χ2v) is 8.98. The van der Waals surface area contributed by atoms with E-state index in [1.54, 1.807) is 42.5 Å². The molecule has 1 aromatic heterocycles. The van der Waals surface area contributed by atoms with Crippen molar-refractivity contribution in [2.75, 3.05) is 25.2 Å². The molecule has 1 N–H and O–H groups in total. The van der Waals surface area contributed by atoms with Crippen LogP contribution in [0.15, 0.2) is 72.8 Å². The van der Waals surface area contributed by atoms with Gasteiger partial charge < -0.3 is 14.8 Å². The number of methoxy groups -OCH3 is 1. The number of carbonyl (C=O) groups is 2. The lowest BCUT2D eigenvalue weighted by molar-refractivity contribution is -0.127. The number of halogens is 1. The number of aromatic nitrogens is 3. The molecule has 5 rings (SSSR count). The number of anilines is 1. The molecule has 0 spiro atoms. The molecule has 0 saturated carbocycles. The Hall–Kier alpha value is -4.31. The maximum absolute atomic E-state index is 15.2. The van der Waals surface area contributed by atoms with Crippen molar-refractivity contribution >= 4 is 28.5 Å². The van der Waals surface area contributed by atoms with Crippen LogP contribution in [0.3, 0.4) is 0 Å². The van der Waals surface area contributed by atoms with Gasteiger partial charge in [-0.05, 0) is 43.2 Å². The molecule has 1 aliphatic rings. The Bertz CT molecular complexity index is 1440. The van der Waals surface area contributed by atoms with Crippen LogP contribution in [0.2, 0.25) is 0 Å². The van der Waals surface area contributed by atoms with Gasteiger partial charge in [0.05, 0.1) is 24.4 Å². The van der Waals surface area contributed by atoms with Crippen molar-refractivity contribution in [2.45, 2.75) is 31.5 Å². The molecule has 3 aromatic carbocycles. The number of nitrogens with zero attached hydrogens (tertiary/aromatic N) is 4. The lowest BCUT2D eigenvalue weighted by Crippen LogP contribution is -2.47. The molecule has 9 nitrogen and oxygen atoms in total. The van der Waals surface area contributed by atoms with E-state index in [1.807, 2.05) is 12.1 Å². The van der Waals surface area contributed by atoms with E-state index < -0.39 is 23.7 Å². The van der Waals surface area contributed by atoms with E-state index in [0.717, 1.165) is 12.8 Å². The summed E-state index contributed by atoms with van der Waals surface area (Å²) in [6.45, 7) is 0.656. The van der Waals surface area contributed by atoms with E-state index in [4.69, 9.17) is 9.47 Å². The number of ether oxygens (including phenoxy) is 2. The summed E-state index contributed by atoms with van der Waals surface area (Å²) < 4.78 is 27.9. The first-order chi connectivity index (χ1) is 18.6. The predicted molar refractivity (Wildman–Crippen MR) is 139 cm³/mol. The number of hydrogen-bond acceptors (Lipinski definition) is 6. The van der Waals surface area contributed by atoms with Crippen molar-refractivity contribution in [3.05, 3.63) is 84.2 Å². The van der Waals surface area contributed by atoms with Crippen molar-refractivity contribution in [1.29, 1.82) is 0 Å². The SMILES string of the molecule is COc1ccccc1N(C(=O)Cn1nnc2ccccc21)[C@H](C(=O)NC[C@H]1CCCO1)c1ccccc1F. The summed E-state index contributed by atoms with van der Waals surface area (Å²) in [4.78, 5) is 29.1. The molecule has 2 atom stereocenters. The smallest absolute Gasteiger partial charge is 0.249 e. The highest BCUT2D eigenvalue weighted by molar-refractivity contribution is 6.02. The third-order valence-corrected chi connectivity index (χ3v) is 6.55. The van der Waals surface area contributed by atoms with Crippen LogP contribution < -0.4 is 15.0 Å². The fraction of sp³-hybridized carbons (Fsp3) is 0.286. The minimum Gasteiger partial charge on any atom is -0.495 e. The average molecular weight is 518 g/mol. The quantitative estimate of drug-likeness (QED) is 0.364. The van der Waals surface area contributed by atoms with Crippen LogP contribution in [0, 0.1) is 5.82 Å². The van der Waals surface area contributed by atoms with Crippen LogP contribution in [0.25, 0.3) is 11.0 Å². The van der Waals surface area contributed by atoms with Gasteiger partial charge in [0.25, 0.3) is 0 Å². The van der Waals surface area contributed by atoms with E-state index >= 15 is 4.39 Å². The highest BCUT2D eigenvalue weighted by atomic mass is 19.1. The molecule has 4 aromatic rings. The summed E-state index contributed by atoms with van der Waals surface area (Å²) in [6.07, 6.45) is 1.60. The Kier molecular flexibility index (Phi) is 7.60. The molecular formula is C28H28FN5O4. The third kappa shape index (κ3) is 5.21. The van der Waals surface area contributed by atoms with Gasteiger partial charge in [0.2, 0.25) is 11.8 Å². The highest BCUT2D eigenvalue weighted by Gasteiger charge is 2.36. The molecule has 2 heterocycles. The van der Waals surface area contributed by atoms with Gasteiger partial charge in [0.15, 0.2) is 0 Å². The van der Waals surface area contributed by atoms with Crippen molar-refractivity contribution < 1.29 is 23.5 Å². The number of fused-ring (bicyclic) bond motifs is 1. The first kappa shape index (κ1) is 25.3. The zero-order valence-electron chi connectivity index (χ0n) is 20.9. The molecule has 10 heteroatoms. The zero-order valence-corrected chi connectivity index (χ0v) is 20.9. The molecule has 1 aliphatic heterocycles. The van der Waals surface area contributed by atoms with Gasteiger partial charge >= 0.3 is 0 Å². The van der Waals surface area contributed by atoms with E-state index in [0.29, 0.717) is 29.1 Å². The lowest BCUT2D eigenvalue weighted by atomic mass is 10.0. The number of amides is 2. The molecule has 38 heavy (non-hydrogen) atoms. The number of nitrogens with one attached hydrogen (secondary N) is 1. The van der Waals surface area contributed by atoms with Gasteiger partial charge in [-0.2, -0.15) is 0 Å². The van der Waals surface area contributed by atoms with E-state index in [-0.39, 0.29) is 24.8 Å². The maximum Gasteiger partial charge on any atom is 0.249 e. The van der Waals surface area contributed by atoms with Gasteiger partial charge in [-0.3, -0.25) is 14.5 Å². The van der Waals surface area contributed by atoms with Gasteiger partial charge in [-0.15, -0.1) is 5.10 Å². The van der Waals surface area contributed by atoms with Crippen LogP contribution in [0.1, 0.15) is 24.4 Å². The Balaban J connectivity index is 1.58. The maximum atomic E-state index is 15.2. The van der Waals surface area contributed by atoms with Crippen LogP contribution >= 0.6 is 0 Å². The fourth-order valence-electron chi connectivity index (χ4n) is 4.70. The number of hydrogen-bond donors (Lipinski definition) is 1. The van der Waals surface area contributed by atoms with Crippen LogP contribution in [0.4, 0.5) is 10.1 Å². The monoisotopic (exact) mass is 517 g/mol. The summed E-state index contributed by atoms with van der Waals surface area (Å²) in [7, 11) is 1.47. The Labute approximate surface area is 219 Å². The average Bonchev–Trinajstić information content (AvgIpc) is 3.61. The summed E-state index contributed by atoms with van der Waals surface area (Å²) in [5.41, 5.74) is 1.67. The fourth-order valence-corrected chi connectivity index (χ4v) is 4.70. The molecule has 0 radical (unpaired) electrons. The number of para-hydroxylation sites is 3. The Morgan fingerprint density at radius 2 is 1.89 bits per heavy atom. The largest absolute Gasteiger partial charge is 0.495 e. The van der Waals surface area contributed by atoms with Crippen molar-refractivity contribution in [3.63, 3.8) is 0 Å². The summed E-state index contributed by atoms with van der Waals surface area (Å²) in [6, 6.07) is 18.7. The van der Waals surface area contributed by atoms with Gasteiger partial charge in [0, 0.05) is 18.7 Å². The van der Waals surface area contributed by atoms with E-state index in [9.17, 15) is 9.59 Å². The topological polar surface area (TPSA) is 98.6 Å².